The van der Waals surface area contributed by atoms with Crippen LogP contribution in [-0.2, 0) is 35.1 Å². The Balaban J connectivity index is 1.37. The lowest BCUT2D eigenvalue weighted by Gasteiger charge is -2.62. The molecule has 14 heteroatoms. The fraction of sp³-hybridized carbons (Fsp3) is 0.549. The number of hydrogen-bond donors (Lipinski definition) is 2. The molecule has 3 saturated carbocycles. The van der Waals surface area contributed by atoms with Crippen molar-refractivity contribution >= 4 is 35.4 Å². The zero-order valence-corrected chi connectivity index (χ0v) is 39.5. The van der Waals surface area contributed by atoms with E-state index in [0.29, 0.717) is 77.4 Å². The fourth-order valence-corrected chi connectivity index (χ4v) is 11.3. The Labute approximate surface area is 382 Å². The summed E-state index contributed by atoms with van der Waals surface area (Å²) in [6.07, 6.45) is 11.7. The van der Waals surface area contributed by atoms with Crippen molar-refractivity contribution in [1.82, 2.24) is 15.1 Å². The molecule has 3 aliphatic carbocycles. The van der Waals surface area contributed by atoms with Gasteiger partial charge in [0.15, 0.2) is 22.7 Å². The fourth-order valence-electron chi connectivity index (χ4n) is 11.3. The summed E-state index contributed by atoms with van der Waals surface area (Å²) in [4.78, 5) is 59.9. The summed E-state index contributed by atoms with van der Waals surface area (Å²) in [5.41, 5.74) is 7.36. The minimum absolute atomic E-state index is 0.0256. The topological polar surface area (TPSA) is 183 Å². The van der Waals surface area contributed by atoms with E-state index in [-0.39, 0.29) is 48.1 Å². The lowest BCUT2D eigenvalue weighted by Crippen LogP contribution is -2.75. The van der Waals surface area contributed by atoms with Crippen molar-refractivity contribution in [1.29, 1.82) is 5.26 Å². The summed E-state index contributed by atoms with van der Waals surface area (Å²) in [6.45, 7) is 18.4. The molecule has 5 aliphatic heterocycles. The molecule has 5 heterocycles. The summed E-state index contributed by atoms with van der Waals surface area (Å²) in [5.74, 6) is -2.41. The molecule has 0 radical (unpaired) electrons. The van der Waals surface area contributed by atoms with Crippen molar-refractivity contribution in [2.45, 2.75) is 123 Å². The molecule has 346 valence electrons. The molecule has 6 unspecified atom stereocenters. The van der Waals surface area contributed by atoms with E-state index in [2.05, 4.69) is 42.3 Å². The van der Waals surface area contributed by atoms with E-state index in [0.717, 1.165) is 25.1 Å². The van der Waals surface area contributed by atoms with Gasteiger partial charge in [-0.05, 0) is 100 Å². The van der Waals surface area contributed by atoms with E-state index in [4.69, 9.17) is 29.4 Å². The number of piperazine rings is 1. The van der Waals surface area contributed by atoms with Gasteiger partial charge in [-0.3, -0.25) is 14.4 Å². The minimum Gasteiger partial charge on any atom is -0.482 e. The molecule has 2 saturated heterocycles. The van der Waals surface area contributed by atoms with Crippen molar-refractivity contribution < 1.29 is 42.9 Å². The van der Waals surface area contributed by atoms with Crippen LogP contribution in [0.5, 0.6) is 17.2 Å². The highest BCUT2D eigenvalue weighted by Crippen LogP contribution is 2.73. The number of hydrogen-bond acceptors (Lipinski definition) is 13. The first kappa shape index (κ1) is 45.9. The van der Waals surface area contributed by atoms with E-state index in [9.17, 15) is 19.6 Å². The number of likely N-dealkylation sites (N-methyl/N-ethyl adjacent to an activating group) is 1. The third-order valence-electron chi connectivity index (χ3n) is 14.6. The normalized spacial score (nSPS) is 29.1. The van der Waals surface area contributed by atoms with Crippen LogP contribution in [-0.4, -0.2) is 96.2 Å². The first-order valence-corrected chi connectivity index (χ1v) is 22.9. The Morgan fingerprint density at radius 2 is 1.71 bits per heavy atom. The average molecular weight is 890 g/mol. The van der Waals surface area contributed by atoms with Crippen LogP contribution >= 0.6 is 0 Å². The number of allylic oxidation sites excluding steroid dienone is 5. The van der Waals surface area contributed by atoms with Gasteiger partial charge in [0, 0.05) is 73.5 Å². The van der Waals surface area contributed by atoms with Gasteiger partial charge in [0.1, 0.15) is 22.9 Å². The lowest BCUT2D eigenvalue weighted by molar-refractivity contribution is -0.181. The predicted octanol–water partition coefficient (Wildman–Crippen LogP) is 6.60. The predicted molar refractivity (Wildman–Crippen MR) is 244 cm³/mol. The molecule has 14 nitrogen and oxygen atoms in total. The van der Waals surface area contributed by atoms with Crippen molar-refractivity contribution in [2.75, 3.05) is 40.3 Å². The molecular weight excluding hydrogens is 827 g/mol. The number of carbonyl (C=O) groups excluding carboxylic acids is 4. The number of nitrogens with one attached hydrogen (secondary N) is 1. The molecular formula is C51H63N5O9. The smallest absolute Gasteiger partial charge is 0.333 e. The van der Waals surface area contributed by atoms with E-state index in [1.807, 2.05) is 53.8 Å². The zero-order chi connectivity index (χ0) is 47.0. The number of esters is 2. The van der Waals surface area contributed by atoms with Crippen molar-refractivity contribution in [3.63, 3.8) is 0 Å². The molecule has 1 amide bonds. The molecule has 1 aromatic rings. The van der Waals surface area contributed by atoms with E-state index < -0.39 is 52.1 Å². The van der Waals surface area contributed by atoms with Gasteiger partial charge in [-0.2, -0.15) is 5.26 Å². The number of fused-ring (bicyclic) bond motifs is 3. The first-order valence-electron chi connectivity index (χ1n) is 22.9. The molecule has 4 bridgehead atoms. The van der Waals surface area contributed by atoms with E-state index >= 15 is 4.79 Å². The molecule has 65 heavy (non-hydrogen) atoms. The second-order valence-corrected chi connectivity index (χ2v) is 20.0. The maximum atomic E-state index is 15.5. The number of nitrogens with two attached hydrogens (primary N) is 1. The number of benzene rings is 1. The van der Waals surface area contributed by atoms with Crippen LogP contribution in [0.3, 0.4) is 0 Å². The molecule has 9 rings (SSSR count). The number of rotatable bonds is 12. The SMILES string of the molecule is COC(=O)/C(C)=C\CC12OC(C)(C)C3CC(C1=O)C1C(C#N)=C(N)NC4=C1C32Oc1c(CC=C(C)C)c2c(c(OC(=O)CCC(=O)N3CCN(C)CC3)c14)C=CC(C)(CCC=C(C)C)O2. The molecule has 1 aromatic carbocycles. The first-order chi connectivity index (χ1) is 30.7. The second-order valence-electron chi connectivity index (χ2n) is 20.0. The maximum absolute atomic E-state index is 15.5. The maximum Gasteiger partial charge on any atom is 0.333 e. The van der Waals surface area contributed by atoms with Crippen molar-refractivity contribution in [3.05, 3.63) is 74.7 Å². The Kier molecular flexibility index (Phi) is 11.8. The van der Waals surface area contributed by atoms with Gasteiger partial charge in [0.2, 0.25) is 5.91 Å². The third kappa shape index (κ3) is 7.39. The van der Waals surface area contributed by atoms with Crippen LogP contribution in [0.1, 0.15) is 111 Å². The summed E-state index contributed by atoms with van der Waals surface area (Å²) < 4.78 is 33.6. The number of nitrogens with zero attached hydrogens (tertiary/aromatic N) is 3. The number of ketones is 1. The molecule has 8 aliphatic rings. The number of Topliss-reactive ketones (excluding diaryl/α,β-unsaturated/α-hetero) is 1. The Morgan fingerprint density at radius 3 is 2.37 bits per heavy atom. The van der Waals surface area contributed by atoms with Crippen LogP contribution in [0, 0.1) is 29.1 Å². The number of amides is 1. The van der Waals surface area contributed by atoms with Gasteiger partial charge in [0.25, 0.3) is 0 Å². The zero-order valence-electron chi connectivity index (χ0n) is 39.5. The number of ether oxygens (including phenoxy) is 5. The van der Waals surface area contributed by atoms with Gasteiger partial charge < -0.3 is 44.5 Å². The van der Waals surface area contributed by atoms with Gasteiger partial charge in [0.05, 0.1) is 47.6 Å². The highest BCUT2D eigenvalue weighted by Gasteiger charge is 2.84. The summed E-state index contributed by atoms with van der Waals surface area (Å²) in [5, 5.41) is 14.2. The lowest BCUT2D eigenvalue weighted by atomic mass is 9.45. The Bertz CT molecular complexity index is 2490. The van der Waals surface area contributed by atoms with Crippen LogP contribution in [0.15, 0.2) is 58.0 Å². The van der Waals surface area contributed by atoms with Crippen LogP contribution < -0.4 is 25.3 Å². The summed E-state index contributed by atoms with van der Waals surface area (Å²) in [6, 6.07) is 2.32. The Morgan fingerprint density at radius 1 is 1.00 bits per heavy atom. The Hall–Kier alpha value is -5.65. The summed E-state index contributed by atoms with van der Waals surface area (Å²) in [7, 11) is 3.32. The van der Waals surface area contributed by atoms with Gasteiger partial charge in [-0.15, -0.1) is 0 Å². The van der Waals surface area contributed by atoms with Gasteiger partial charge in [-0.25, -0.2) is 4.79 Å². The quantitative estimate of drug-likeness (QED) is 0.0993. The van der Waals surface area contributed by atoms with Crippen LogP contribution in [0.2, 0.25) is 0 Å². The third-order valence-corrected chi connectivity index (χ3v) is 14.6. The molecule has 6 atom stereocenters. The largest absolute Gasteiger partial charge is 0.482 e. The van der Waals surface area contributed by atoms with Crippen LogP contribution in [0.25, 0.3) is 11.8 Å². The van der Waals surface area contributed by atoms with E-state index in [1.54, 1.807) is 17.9 Å². The van der Waals surface area contributed by atoms with E-state index in [1.165, 1.54) is 12.7 Å². The standard InChI is InChI=1S/C51H63N5O9/c1-28(2)12-11-19-49(8)20-18-32-42(63-49)31(14-13-29(3)4)44-39(43(32)62-37(58)16-15-36(57)56-24-22-55(9)23-25-56)41-40-38(34(27-52)46(53)54-41)33-26-35-48(6,7)65-50(45(33)59,51(35,40)64-44)21-17-30(5)47(60)61-10/h12-13,17-18,20,33,35,38,54H,11,14-16,19,21-26,53H2,1-10H3/b30-17-. The second kappa shape index (κ2) is 16.7. The minimum atomic E-state index is -1.66. The van der Waals surface area contributed by atoms with Crippen LogP contribution in [0.4, 0.5) is 0 Å². The average Bonchev–Trinajstić information content (AvgIpc) is 3.39. The summed E-state index contributed by atoms with van der Waals surface area (Å²) >= 11 is 0. The molecule has 5 fully saturated rings. The highest BCUT2D eigenvalue weighted by atomic mass is 16.6. The monoisotopic (exact) mass is 889 g/mol. The highest BCUT2D eigenvalue weighted by molar-refractivity contribution is 6.02. The number of dihydropyridines is 1. The number of methoxy groups -OCH3 is 1. The number of carbonyl (C=O) groups is 4. The number of nitriles is 1. The van der Waals surface area contributed by atoms with Crippen molar-refractivity contribution in [2.24, 2.45) is 23.5 Å². The van der Waals surface area contributed by atoms with Gasteiger partial charge in [-0.1, -0.05) is 29.4 Å². The molecule has 1 spiro atoms. The van der Waals surface area contributed by atoms with Crippen molar-refractivity contribution in [3.8, 4) is 23.3 Å². The van der Waals surface area contributed by atoms with Gasteiger partial charge >= 0.3 is 11.9 Å². The molecule has 0 aromatic heterocycles. The molecule has 3 N–H and O–H groups in total.